The number of para-hydroxylation sites is 1. The molecule has 8 heteroatoms. The number of fused-ring (bicyclic) bond motifs is 1. The van der Waals surface area contributed by atoms with Crippen LogP contribution in [0.1, 0.15) is 43.3 Å². The average Bonchev–Trinajstić information content (AvgIpc) is 2.99. The summed E-state index contributed by atoms with van der Waals surface area (Å²) in [6.07, 6.45) is 3.97. The third-order valence-corrected chi connectivity index (χ3v) is 4.50. The van der Waals surface area contributed by atoms with Crippen LogP contribution in [0, 0.1) is 0 Å². The van der Waals surface area contributed by atoms with Crippen molar-refractivity contribution in [2.24, 2.45) is 0 Å². The third kappa shape index (κ3) is 3.28. The summed E-state index contributed by atoms with van der Waals surface area (Å²) < 4.78 is 0. The van der Waals surface area contributed by atoms with Crippen LogP contribution in [0.5, 0.6) is 0 Å². The maximum absolute atomic E-state index is 12.1. The maximum Gasteiger partial charge on any atom is 0.258 e. The number of carbonyl (C=O) groups excluding carboxylic acids is 1. The van der Waals surface area contributed by atoms with Gasteiger partial charge in [0.2, 0.25) is 11.9 Å². The summed E-state index contributed by atoms with van der Waals surface area (Å²) in [5.74, 6) is 1.85. The number of H-pyrrole nitrogens is 2. The Balaban J connectivity index is 1.38. The van der Waals surface area contributed by atoms with Crippen molar-refractivity contribution in [2.75, 3.05) is 5.32 Å². The summed E-state index contributed by atoms with van der Waals surface area (Å²) in [7, 11) is 0. The molecule has 3 aromatic rings. The van der Waals surface area contributed by atoms with Crippen LogP contribution < -0.4 is 10.9 Å². The first-order valence-electron chi connectivity index (χ1n) is 8.39. The fourth-order valence-corrected chi connectivity index (χ4v) is 2.87. The van der Waals surface area contributed by atoms with Gasteiger partial charge in [-0.05, 0) is 25.0 Å². The lowest BCUT2D eigenvalue weighted by Crippen LogP contribution is -2.17. The summed E-state index contributed by atoms with van der Waals surface area (Å²) in [6, 6.07) is 7.12. The molecule has 128 valence electrons. The Morgan fingerprint density at radius 2 is 2.08 bits per heavy atom. The van der Waals surface area contributed by atoms with Crippen LogP contribution in [0.3, 0.4) is 0 Å². The highest BCUT2D eigenvalue weighted by Gasteiger charge is 2.23. The standard InChI is InChI=1S/C17H18N6O2/c24-14(20-17-21-15(22-23-17)10-4-3-5-10)9-8-13-18-12-7-2-1-6-11(12)16(25)19-13/h1-2,6-7,10H,3-5,8-9H2,(H,18,19,25)(H2,20,21,22,23,24). The van der Waals surface area contributed by atoms with Crippen molar-refractivity contribution in [3.8, 4) is 0 Å². The molecule has 0 saturated heterocycles. The molecule has 0 bridgehead atoms. The number of carbonyl (C=O) groups is 1. The zero-order valence-electron chi connectivity index (χ0n) is 13.6. The van der Waals surface area contributed by atoms with Gasteiger partial charge in [0.15, 0.2) is 0 Å². The molecule has 1 saturated carbocycles. The molecule has 1 amide bonds. The number of benzene rings is 1. The number of rotatable bonds is 5. The second-order valence-corrected chi connectivity index (χ2v) is 6.25. The molecule has 0 radical (unpaired) electrons. The quantitative estimate of drug-likeness (QED) is 0.657. The first-order valence-corrected chi connectivity index (χ1v) is 8.39. The highest BCUT2D eigenvalue weighted by atomic mass is 16.1. The lowest BCUT2D eigenvalue weighted by molar-refractivity contribution is -0.116. The van der Waals surface area contributed by atoms with E-state index in [-0.39, 0.29) is 17.9 Å². The third-order valence-electron chi connectivity index (χ3n) is 4.50. The van der Waals surface area contributed by atoms with Crippen molar-refractivity contribution < 1.29 is 4.79 Å². The van der Waals surface area contributed by atoms with Crippen molar-refractivity contribution in [1.29, 1.82) is 0 Å². The first kappa shape index (κ1) is 15.5. The Morgan fingerprint density at radius 1 is 1.24 bits per heavy atom. The number of aryl methyl sites for hydroxylation is 1. The van der Waals surface area contributed by atoms with Crippen molar-refractivity contribution in [1.82, 2.24) is 25.1 Å². The zero-order valence-corrected chi connectivity index (χ0v) is 13.6. The predicted octanol–water partition coefficient (Wildman–Crippen LogP) is 1.88. The Morgan fingerprint density at radius 3 is 2.88 bits per heavy atom. The van der Waals surface area contributed by atoms with Gasteiger partial charge in [0, 0.05) is 18.8 Å². The van der Waals surface area contributed by atoms with E-state index in [1.807, 2.05) is 6.07 Å². The Labute approximate surface area is 143 Å². The molecule has 1 aliphatic carbocycles. The van der Waals surface area contributed by atoms with E-state index >= 15 is 0 Å². The molecule has 1 aromatic carbocycles. The van der Waals surface area contributed by atoms with Crippen molar-refractivity contribution >= 4 is 22.8 Å². The normalized spacial score (nSPS) is 14.4. The molecule has 3 N–H and O–H groups in total. The molecule has 8 nitrogen and oxygen atoms in total. The van der Waals surface area contributed by atoms with Crippen LogP contribution in [0.15, 0.2) is 29.1 Å². The second-order valence-electron chi connectivity index (χ2n) is 6.25. The van der Waals surface area contributed by atoms with Gasteiger partial charge >= 0.3 is 0 Å². The highest BCUT2D eigenvalue weighted by molar-refractivity contribution is 5.89. The van der Waals surface area contributed by atoms with Gasteiger partial charge in [0.1, 0.15) is 11.6 Å². The smallest absolute Gasteiger partial charge is 0.258 e. The molecule has 0 aliphatic heterocycles. The Bertz CT molecular complexity index is 972. The van der Waals surface area contributed by atoms with Crippen LogP contribution in [0.25, 0.3) is 10.9 Å². The number of nitrogens with one attached hydrogen (secondary N) is 3. The number of amides is 1. The van der Waals surface area contributed by atoms with Gasteiger partial charge in [0.25, 0.3) is 5.56 Å². The van der Waals surface area contributed by atoms with Crippen LogP contribution in [-0.4, -0.2) is 31.1 Å². The van der Waals surface area contributed by atoms with Gasteiger partial charge in [-0.1, -0.05) is 18.6 Å². The number of hydrogen-bond acceptors (Lipinski definition) is 5. The predicted molar refractivity (Wildman–Crippen MR) is 92.3 cm³/mol. The summed E-state index contributed by atoms with van der Waals surface area (Å²) >= 11 is 0. The first-order chi connectivity index (χ1) is 12.2. The number of anilines is 1. The van der Waals surface area contributed by atoms with Crippen molar-refractivity contribution in [3.63, 3.8) is 0 Å². The van der Waals surface area contributed by atoms with Crippen LogP contribution in [-0.2, 0) is 11.2 Å². The van der Waals surface area contributed by atoms with Gasteiger partial charge in [0.05, 0.1) is 10.9 Å². The van der Waals surface area contributed by atoms with E-state index in [4.69, 9.17) is 0 Å². The average molecular weight is 338 g/mol. The van der Waals surface area contributed by atoms with E-state index < -0.39 is 0 Å². The van der Waals surface area contributed by atoms with Gasteiger partial charge in [-0.2, -0.15) is 4.98 Å². The lowest BCUT2D eigenvalue weighted by Gasteiger charge is -2.22. The SMILES string of the molecule is O=C(CCc1nc2ccccc2c(=O)[nH]1)Nc1n[nH]c(C2CCC2)n1. The minimum Gasteiger partial charge on any atom is -0.310 e. The van der Waals surface area contributed by atoms with E-state index in [1.165, 1.54) is 6.42 Å². The van der Waals surface area contributed by atoms with Gasteiger partial charge in [-0.3, -0.25) is 20.0 Å². The molecule has 2 heterocycles. The summed E-state index contributed by atoms with van der Waals surface area (Å²) in [5.41, 5.74) is 0.431. The molecule has 0 atom stereocenters. The summed E-state index contributed by atoms with van der Waals surface area (Å²) in [6.45, 7) is 0. The van der Waals surface area contributed by atoms with Gasteiger partial charge in [-0.25, -0.2) is 4.98 Å². The maximum atomic E-state index is 12.1. The number of aromatic nitrogens is 5. The zero-order chi connectivity index (χ0) is 17.2. The monoisotopic (exact) mass is 338 g/mol. The Hall–Kier alpha value is -3.03. The van der Waals surface area contributed by atoms with Crippen molar-refractivity contribution in [2.45, 2.75) is 38.0 Å². The van der Waals surface area contributed by atoms with E-state index in [2.05, 4.69) is 30.5 Å². The van der Waals surface area contributed by atoms with Gasteiger partial charge in [-0.15, -0.1) is 5.10 Å². The Kier molecular flexibility index (Phi) is 4.01. The number of aromatic amines is 2. The summed E-state index contributed by atoms with van der Waals surface area (Å²) in [4.78, 5) is 35.5. The number of hydrogen-bond donors (Lipinski definition) is 3. The molecule has 0 unspecified atom stereocenters. The molecular weight excluding hydrogens is 320 g/mol. The van der Waals surface area contributed by atoms with E-state index in [0.29, 0.717) is 35.0 Å². The topological polar surface area (TPSA) is 116 Å². The van der Waals surface area contributed by atoms with Gasteiger partial charge < -0.3 is 4.98 Å². The molecule has 0 spiro atoms. The van der Waals surface area contributed by atoms with Crippen LogP contribution >= 0.6 is 0 Å². The van der Waals surface area contributed by atoms with Crippen LogP contribution in [0.2, 0.25) is 0 Å². The largest absolute Gasteiger partial charge is 0.310 e. The summed E-state index contributed by atoms with van der Waals surface area (Å²) in [5, 5.41) is 10.1. The van der Waals surface area contributed by atoms with E-state index in [1.54, 1.807) is 18.2 Å². The molecule has 2 aromatic heterocycles. The van der Waals surface area contributed by atoms with E-state index in [9.17, 15) is 9.59 Å². The van der Waals surface area contributed by atoms with E-state index in [0.717, 1.165) is 18.7 Å². The minimum absolute atomic E-state index is 0.189. The van der Waals surface area contributed by atoms with Crippen LogP contribution in [0.4, 0.5) is 5.95 Å². The lowest BCUT2D eigenvalue weighted by atomic mass is 9.85. The molecule has 4 rings (SSSR count). The minimum atomic E-state index is -0.213. The molecular formula is C17H18N6O2. The molecule has 25 heavy (non-hydrogen) atoms. The fraction of sp³-hybridized carbons (Fsp3) is 0.353. The fourth-order valence-electron chi connectivity index (χ4n) is 2.87. The molecule has 1 aliphatic rings. The highest BCUT2D eigenvalue weighted by Crippen LogP contribution is 2.34. The van der Waals surface area contributed by atoms with Crippen molar-refractivity contribution in [3.05, 3.63) is 46.3 Å². The number of nitrogens with zero attached hydrogens (tertiary/aromatic N) is 3. The second kappa shape index (κ2) is 6.46. The molecule has 1 fully saturated rings.